The molecule has 0 spiro atoms. The minimum atomic E-state index is -0.193. The molecule has 1 amide bonds. The van der Waals surface area contributed by atoms with Gasteiger partial charge in [-0.3, -0.25) is 9.59 Å². The van der Waals surface area contributed by atoms with E-state index < -0.39 is 0 Å². The Labute approximate surface area is 125 Å². The molecule has 1 N–H and O–H groups in total. The molecule has 1 aromatic rings. The molecule has 1 saturated carbocycles. The fourth-order valence-corrected chi connectivity index (χ4v) is 2.86. The van der Waals surface area contributed by atoms with Crippen molar-refractivity contribution in [2.24, 2.45) is 5.41 Å². The number of rotatable bonds is 5. The lowest BCUT2D eigenvalue weighted by molar-refractivity contribution is -0.182. The highest BCUT2D eigenvalue weighted by molar-refractivity contribution is 5.76. The van der Waals surface area contributed by atoms with Crippen LogP contribution < -0.4 is 10.9 Å². The lowest BCUT2D eigenvalue weighted by atomic mass is 9.56. The van der Waals surface area contributed by atoms with Crippen LogP contribution in [0.25, 0.3) is 0 Å². The molecule has 1 fully saturated rings. The number of aromatic nitrogens is 1. The molecule has 1 aliphatic rings. The van der Waals surface area contributed by atoms with Crippen LogP contribution >= 0.6 is 0 Å². The Bertz CT molecular complexity index is 579. The maximum atomic E-state index is 12.1. The zero-order valence-electron chi connectivity index (χ0n) is 13.2. The van der Waals surface area contributed by atoms with Crippen LogP contribution in [0.5, 0.6) is 0 Å². The van der Waals surface area contributed by atoms with E-state index in [0.29, 0.717) is 13.0 Å². The van der Waals surface area contributed by atoms with Crippen LogP contribution in [0.1, 0.15) is 33.6 Å². The average molecular weight is 292 g/mol. The van der Waals surface area contributed by atoms with Crippen molar-refractivity contribution >= 4 is 5.91 Å². The molecule has 1 aromatic heterocycles. The third-order valence-electron chi connectivity index (χ3n) is 5.09. The van der Waals surface area contributed by atoms with Crippen molar-refractivity contribution in [1.29, 1.82) is 0 Å². The second-order valence-corrected chi connectivity index (χ2v) is 6.46. The minimum absolute atomic E-state index is 0.0259. The van der Waals surface area contributed by atoms with E-state index in [9.17, 15) is 9.59 Å². The zero-order valence-corrected chi connectivity index (χ0v) is 13.2. The van der Waals surface area contributed by atoms with Gasteiger partial charge in [0.25, 0.3) is 5.56 Å². The molecule has 0 radical (unpaired) electrons. The molecule has 1 heterocycles. The van der Waals surface area contributed by atoms with Crippen LogP contribution in [0.4, 0.5) is 0 Å². The van der Waals surface area contributed by atoms with E-state index in [2.05, 4.69) is 26.1 Å². The van der Waals surface area contributed by atoms with E-state index >= 15 is 0 Å². The van der Waals surface area contributed by atoms with Gasteiger partial charge < -0.3 is 14.6 Å². The van der Waals surface area contributed by atoms with Gasteiger partial charge in [-0.1, -0.05) is 19.9 Å². The summed E-state index contributed by atoms with van der Waals surface area (Å²) in [4.78, 5) is 23.6. The molecule has 1 aliphatic carbocycles. The van der Waals surface area contributed by atoms with Crippen molar-refractivity contribution in [2.75, 3.05) is 7.11 Å². The van der Waals surface area contributed by atoms with Gasteiger partial charge in [0, 0.05) is 43.8 Å². The summed E-state index contributed by atoms with van der Waals surface area (Å²) >= 11 is 0. The summed E-state index contributed by atoms with van der Waals surface area (Å²) in [6.07, 6.45) is 2.82. The first-order chi connectivity index (χ1) is 9.80. The second-order valence-electron chi connectivity index (χ2n) is 6.46. The maximum Gasteiger partial charge on any atom is 0.250 e. The molecule has 0 aliphatic heterocycles. The van der Waals surface area contributed by atoms with Gasteiger partial charge in [0.1, 0.15) is 0 Å². The first-order valence-corrected chi connectivity index (χ1v) is 7.30. The number of pyridine rings is 1. The van der Waals surface area contributed by atoms with Crippen molar-refractivity contribution in [2.45, 2.75) is 51.8 Å². The predicted octanol–water partition coefficient (Wildman–Crippen LogP) is 1.56. The lowest BCUT2D eigenvalue weighted by Crippen LogP contribution is -2.68. The molecule has 2 atom stereocenters. The molecule has 0 unspecified atom stereocenters. The molecule has 0 bridgehead atoms. The SMILES string of the molecule is CO[C@@]1(C)C[C@@H](NC(=O)CCn2ccccc2=O)C1(C)C. The number of methoxy groups -OCH3 is 1. The summed E-state index contributed by atoms with van der Waals surface area (Å²) in [6.45, 7) is 6.68. The number of carbonyl (C=O) groups is 1. The van der Waals surface area contributed by atoms with Crippen molar-refractivity contribution in [3.63, 3.8) is 0 Å². The normalized spacial score (nSPS) is 27.0. The number of carbonyl (C=O) groups excluding carboxylic acids is 1. The molecule has 0 aromatic carbocycles. The predicted molar refractivity (Wildman–Crippen MR) is 81.1 cm³/mol. The number of ether oxygens (including phenoxy) is 1. The average Bonchev–Trinajstić information content (AvgIpc) is 2.45. The number of hydrogen-bond donors (Lipinski definition) is 1. The molecule has 116 valence electrons. The highest BCUT2D eigenvalue weighted by atomic mass is 16.5. The second kappa shape index (κ2) is 5.64. The Kier molecular flexibility index (Phi) is 4.23. The summed E-state index contributed by atoms with van der Waals surface area (Å²) in [5, 5.41) is 3.05. The monoisotopic (exact) mass is 292 g/mol. The van der Waals surface area contributed by atoms with Gasteiger partial charge in [-0.2, -0.15) is 0 Å². The number of aryl methyl sites for hydroxylation is 1. The van der Waals surface area contributed by atoms with Gasteiger partial charge >= 0.3 is 0 Å². The van der Waals surface area contributed by atoms with Crippen LogP contribution in [-0.4, -0.2) is 29.2 Å². The first kappa shape index (κ1) is 15.8. The van der Waals surface area contributed by atoms with Crippen LogP contribution in [0, 0.1) is 5.41 Å². The Balaban J connectivity index is 1.87. The molecule has 5 heteroatoms. The van der Waals surface area contributed by atoms with Crippen molar-refractivity contribution in [3.8, 4) is 0 Å². The summed E-state index contributed by atoms with van der Waals surface area (Å²) in [7, 11) is 1.71. The van der Waals surface area contributed by atoms with Crippen LogP contribution in [-0.2, 0) is 16.1 Å². The highest BCUT2D eigenvalue weighted by Gasteiger charge is 2.58. The molecular formula is C16H24N2O3. The first-order valence-electron chi connectivity index (χ1n) is 7.30. The topological polar surface area (TPSA) is 60.3 Å². The quantitative estimate of drug-likeness (QED) is 0.896. The van der Waals surface area contributed by atoms with Gasteiger partial charge in [-0.05, 0) is 19.4 Å². The number of nitrogens with zero attached hydrogens (tertiary/aromatic N) is 1. The number of hydrogen-bond acceptors (Lipinski definition) is 3. The summed E-state index contributed by atoms with van der Waals surface area (Å²) < 4.78 is 7.10. The van der Waals surface area contributed by atoms with E-state index in [0.717, 1.165) is 6.42 Å². The zero-order chi connectivity index (χ0) is 15.7. The third kappa shape index (κ3) is 2.88. The highest BCUT2D eigenvalue weighted by Crippen LogP contribution is 2.51. The van der Waals surface area contributed by atoms with E-state index in [1.165, 1.54) is 6.07 Å². The van der Waals surface area contributed by atoms with Gasteiger partial charge in [-0.25, -0.2) is 0 Å². The minimum Gasteiger partial charge on any atom is -0.378 e. The van der Waals surface area contributed by atoms with Crippen LogP contribution in [0.3, 0.4) is 0 Å². The standard InChI is InChI=1S/C16H24N2O3/c1-15(2)12(11-16(15,3)21-4)17-13(19)8-10-18-9-6-5-7-14(18)20/h5-7,9,12H,8,10-11H2,1-4H3,(H,17,19)/t12-,16+/m1/s1. The van der Waals surface area contributed by atoms with Crippen molar-refractivity contribution in [3.05, 3.63) is 34.7 Å². The van der Waals surface area contributed by atoms with E-state index in [-0.39, 0.29) is 28.5 Å². The van der Waals surface area contributed by atoms with Gasteiger partial charge in [0.2, 0.25) is 5.91 Å². The summed E-state index contributed by atoms with van der Waals surface area (Å²) in [6, 6.07) is 5.10. The van der Waals surface area contributed by atoms with Gasteiger partial charge in [0.05, 0.1) is 5.60 Å². The third-order valence-corrected chi connectivity index (χ3v) is 5.09. The fraction of sp³-hybridized carbons (Fsp3) is 0.625. The number of amides is 1. The van der Waals surface area contributed by atoms with E-state index in [4.69, 9.17) is 4.74 Å². The Hall–Kier alpha value is -1.62. The Morgan fingerprint density at radius 3 is 2.71 bits per heavy atom. The van der Waals surface area contributed by atoms with Crippen LogP contribution in [0.2, 0.25) is 0 Å². The molecular weight excluding hydrogens is 268 g/mol. The van der Waals surface area contributed by atoms with Crippen molar-refractivity contribution in [1.82, 2.24) is 9.88 Å². The van der Waals surface area contributed by atoms with Gasteiger partial charge in [-0.15, -0.1) is 0 Å². The maximum absolute atomic E-state index is 12.1. The molecule has 21 heavy (non-hydrogen) atoms. The Morgan fingerprint density at radius 1 is 1.43 bits per heavy atom. The summed E-state index contributed by atoms with van der Waals surface area (Å²) in [5.74, 6) is -0.0259. The van der Waals surface area contributed by atoms with Crippen molar-refractivity contribution < 1.29 is 9.53 Å². The smallest absolute Gasteiger partial charge is 0.250 e. The molecule has 0 saturated heterocycles. The molecule has 5 nitrogen and oxygen atoms in total. The summed E-state index contributed by atoms with van der Waals surface area (Å²) in [5.41, 5.74) is -0.372. The van der Waals surface area contributed by atoms with E-state index in [1.54, 1.807) is 30.0 Å². The largest absolute Gasteiger partial charge is 0.378 e. The fourth-order valence-electron chi connectivity index (χ4n) is 2.86. The van der Waals surface area contributed by atoms with E-state index in [1.807, 2.05) is 0 Å². The van der Waals surface area contributed by atoms with Crippen LogP contribution in [0.15, 0.2) is 29.2 Å². The Morgan fingerprint density at radius 2 is 2.14 bits per heavy atom. The van der Waals surface area contributed by atoms with Gasteiger partial charge in [0.15, 0.2) is 0 Å². The lowest BCUT2D eigenvalue weighted by Gasteiger charge is -2.59. The number of nitrogens with one attached hydrogen (secondary N) is 1. The molecule has 2 rings (SSSR count).